The average molecular weight is 193 g/mol. The SMILES string of the molecule is CN1C2CCC1CC1(CCCC1=O)C2. The summed E-state index contributed by atoms with van der Waals surface area (Å²) >= 11 is 0. The fourth-order valence-electron chi connectivity index (χ4n) is 3.99. The van der Waals surface area contributed by atoms with Gasteiger partial charge in [0, 0.05) is 23.9 Å². The molecule has 0 amide bonds. The third-order valence-corrected chi connectivity index (χ3v) is 4.89. The summed E-state index contributed by atoms with van der Waals surface area (Å²) < 4.78 is 0. The lowest BCUT2D eigenvalue weighted by molar-refractivity contribution is -0.129. The van der Waals surface area contributed by atoms with Crippen molar-refractivity contribution >= 4 is 5.78 Å². The highest BCUT2D eigenvalue weighted by molar-refractivity contribution is 5.87. The summed E-state index contributed by atoms with van der Waals surface area (Å²) in [5.41, 5.74) is 0.137. The van der Waals surface area contributed by atoms with E-state index in [0.29, 0.717) is 5.78 Å². The molecule has 2 bridgehead atoms. The molecule has 2 aliphatic heterocycles. The van der Waals surface area contributed by atoms with Crippen LogP contribution in [-0.2, 0) is 4.79 Å². The fourth-order valence-corrected chi connectivity index (χ4v) is 3.99. The van der Waals surface area contributed by atoms with Crippen molar-refractivity contribution < 1.29 is 4.79 Å². The molecule has 1 spiro atoms. The van der Waals surface area contributed by atoms with Gasteiger partial charge in [-0.05, 0) is 45.6 Å². The van der Waals surface area contributed by atoms with Gasteiger partial charge in [-0.25, -0.2) is 0 Å². The topological polar surface area (TPSA) is 20.3 Å². The first kappa shape index (κ1) is 8.90. The Morgan fingerprint density at radius 3 is 2.43 bits per heavy atom. The molecule has 2 heterocycles. The zero-order valence-electron chi connectivity index (χ0n) is 8.96. The third kappa shape index (κ3) is 1.04. The lowest BCUT2D eigenvalue weighted by Gasteiger charge is -2.42. The van der Waals surface area contributed by atoms with Crippen LogP contribution in [0.2, 0.25) is 0 Å². The lowest BCUT2D eigenvalue weighted by Crippen LogP contribution is -2.47. The Hall–Kier alpha value is -0.370. The molecule has 0 N–H and O–H groups in total. The van der Waals surface area contributed by atoms with Crippen molar-refractivity contribution in [2.45, 2.75) is 57.0 Å². The van der Waals surface area contributed by atoms with Crippen molar-refractivity contribution in [3.8, 4) is 0 Å². The lowest BCUT2D eigenvalue weighted by atomic mass is 9.73. The van der Waals surface area contributed by atoms with Crippen molar-refractivity contribution in [2.24, 2.45) is 5.41 Å². The molecular formula is C12H19NO. The average Bonchev–Trinajstić information content (AvgIpc) is 2.60. The molecule has 2 unspecified atom stereocenters. The molecule has 0 aromatic heterocycles. The van der Waals surface area contributed by atoms with E-state index >= 15 is 0 Å². The van der Waals surface area contributed by atoms with Crippen LogP contribution in [0.5, 0.6) is 0 Å². The second-order valence-electron chi connectivity index (χ2n) is 5.52. The van der Waals surface area contributed by atoms with E-state index in [1.807, 2.05) is 0 Å². The maximum Gasteiger partial charge on any atom is 0.139 e. The minimum atomic E-state index is 0.137. The molecule has 2 nitrogen and oxygen atoms in total. The van der Waals surface area contributed by atoms with Crippen LogP contribution in [0.4, 0.5) is 0 Å². The summed E-state index contributed by atoms with van der Waals surface area (Å²) in [4.78, 5) is 14.5. The van der Waals surface area contributed by atoms with Crippen molar-refractivity contribution in [1.82, 2.24) is 4.90 Å². The number of Topliss-reactive ketones (excluding diaryl/α,β-unsaturated/α-hetero) is 1. The van der Waals surface area contributed by atoms with Gasteiger partial charge in [-0.2, -0.15) is 0 Å². The number of hydrogen-bond acceptors (Lipinski definition) is 2. The Balaban J connectivity index is 1.88. The summed E-state index contributed by atoms with van der Waals surface area (Å²) in [6.45, 7) is 0. The highest BCUT2D eigenvalue weighted by atomic mass is 16.1. The van der Waals surface area contributed by atoms with Crippen molar-refractivity contribution in [1.29, 1.82) is 0 Å². The minimum Gasteiger partial charge on any atom is -0.300 e. The van der Waals surface area contributed by atoms with Crippen molar-refractivity contribution in [3.63, 3.8) is 0 Å². The standard InChI is InChI=1S/C12H19NO/c1-13-9-4-5-10(13)8-12(7-9)6-2-3-11(12)14/h9-10H,2-8H2,1H3. The van der Waals surface area contributed by atoms with Crippen LogP contribution in [0.3, 0.4) is 0 Å². The summed E-state index contributed by atoms with van der Waals surface area (Å²) in [6, 6.07) is 1.44. The molecule has 3 rings (SSSR count). The zero-order chi connectivity index (χ0) is 9.76. The molecule has 14 heavy (non-hydrogen) atoms. The number of ketones is 1. The minimum absolute atomic E-state index is 0.137. The van der Waals surface area contributed by atoms with Crippen LogP contribution in [-0.4, -0.2) is 29.8 Å². The summed E-state index contributed by atoms with van der Waals surface area (Å²) in [7, 11) is 2.24. The molecule has 0 aromatic rings. The highest BCUT2D eigenvalue weighted by Gasteiger charge is 2.51. The molecule has 2 heteroatoms. The molecule has 0 aromatic carbocycles. The third-order valence-electron chi connectivity index (χ3n) is 4.89. The number of fused-ring (bicyclic) bond motifs is 2. The van der Waals surface area contributed by atoms with Gasteiger partial charge in [0.1, 0.15) is 5.78 Å². The van der Waals surface area contributed by atoms with Crippen LogP contribution < -0.4 is 0 Å². The van der Waals surface area contributed by atoms with Crippen LogP contribution >= 0.6 is 0 Å². The van der Waals surface area contributed by atoms with Crippen LogP contribution in [0.15, 0.2) is 0 Å². The van der Waals surface area contributed by atoms with Gasteiger partial charge in [0.25, 0.3) is 0 Å². The van der Waals surface area contributed by atoms with Gasteiger partial charge in [-0.15, -0.1) is 0 Å². The van der Waals surface area contributed by atoms with Gasteiger partial charge < -0.3 is 4.90 Å². The highest BCUT2D eigenvalue weighted by Crippen LogP contribution is 2.51. The Morgan fingerprint density at radius 2 is 1.93 bits per heavy atom. The molecule has 2 saturated heterocycles. The Kier molecular flexibility index (Phi) is 1.79. The van der Waals surface area contributed by atoms with Crippen LogP contribution in [0, 0.1) is 5.41 Å². The largest absolute Gasteiger partial charge is 0.300 e. The normalized spacial score (nSPS) is 47.9. The van der Waals surface area contributed by atoms with Crippen molar-refractivity contribution in [2.75, 3.05) is 7.05 Å². The number of hydrogen-bond donors (Lipinski definition) is 0. The zero-order valence-corrected chi connectivity index (χ0v) is 8.96. The molecule has 3 fully saturated rings. The summed E-state index contributed by atoms with van der Waals surface area (Å²) in [5.74, 6) is 0.586. The fraction of sp³-hybridized carbons (Fsp3) is 0.917. The van der Waals surface area contributed by atoms with Gasteiger partial charge in [-0.3, -0.25) is 4.79 Å². The number of carbonyl (C=O) groups excluding carboxylic acids is 1. The number of carbonyl (C=O) groups is 1. The van der Waals surface area contributed by atoms with E-state index in [9.17, 15) is 4.79 Å². The second-order valence-corrected chi connectivity index (χ2v) is 5.52. The predicted octanol–water partition coefficient (Wildman–Crippen LogP) is 1.98. The second kappa shape index (κ2) is 2.82. The summed E-state index contributed by atoms with van der Waals surface area (Å²) in [6.07, 6.45) is 8.20. The molecular weight excluding hydrogens is 174 g/mol. The van der Waals surface area contributed by atoms with E-state index < -0.39 is 0 Å². The van der Waals surface area contributed by atoms with Gasteiger partial charge in [0.15, 0.2) is 0 Å². The van der Waals surface area contributed by atoms with E-state index in [0.717, 1.165) is 24.9 Å². The van der Waals surface area contributed by atoms with Gasteiger partial charge >= 0.3 is 0 Å². The monoisotopic (exact) mass is 193 g/mol. The predicted molar refractivity (Wildman–Crippen MR) is 55.1 cm³/mol. The number of nitrogens with zero attached hydrogens (tertiary/aromatic N) is 1. The van der Waals surface area contributed by atoms with Crippen LogP contribution in [0.25, 0.3) is 0 Å². The van der Waals surface area contributed by atoms with E-state index in [-0.39, 0.29) is 5.41 Å². The Morgan fingerprint density at radius 1 is 1.29 bits per heavy atom. The van der Waals surface area contributed by atoms with E-state index in [1.165, 1.54) is 32.1 Å². The maximum absolute atomic E-state index is 12.0. The van der Waals surface area contributed by atoms with Gasteiger partial charge in [0.05, 0.1) is 0 Å². The quantitative estimate of drug-likeness (QED) is 0.586. The van der Waals surface area contributed by atoms with Gasteiger partial charge in [0.2, 0.25) is 0 Å². The van der Waals surface area contributed by atoms with Crippen molar-refractivity contribution in [3.05, 3.63) is 0 Å². The van der Waals surface area contributed by atoms with E-state index in [4.69, 9.17) is 0 Å². The smallest absolute Gasteiger partial charge is 0.139 e. The van der Waals surface area contributed by atoms with Crippen LogP contribution in [0.1, 0.15) is 44.9 Å². The maximum atomic E-state index is 12.0. The summed E-state index contributed by atoms with van der Waals surface area (Å²) in [5, 5.41) is 0. The molecule has 1 saturated carbocycles. The van der Waals surface area contributed by atoms with E-state index in [1.54, 1.807) is 0 Å². The number of rotatable bonds is 0. The molecule has 0 radical (unpaired) electrons. The first-order chi connectivity index (χ1) is 6.71. The molecule has 3 aliphatic rings. The Bertz CT molecular complexity index is 259. The molecule has 2 atom stereocenters. The van der Waals surface area contributed by atoms with Gasteiger partial charge in [-0.1, -0.05) is 0 Å². The molecule has 78 valence electrons. The van der Waals surface area contributed by atoms with E-state index in [2.05, 4.69) is 11.9 Å². The first-order valence-electron chi connectivity index (χ1n) is 5.96. The Labute approximate surface area is 85.7 Å². The first-order valence-corrected chi connectivity index (χ1v) is 5.96. The number of piperidine rings is 1. The molecule has 1 aliphatic carbocycles.